The summed E-state index contributed by atoms with van der Waals surface area (Å²) >= 11 is 0. The first-order valence-corrected chi connectivity index (χ1v) is 8.61. The maximum absolute atomic E-state index is 9.56. The molecule has 0 aliphatic carbocycles. The highest BCUT2D eigenvalue weighted by atomic mass is 28.3. The molecule has 2 nitrogen and oxygen atoms in total. The lowest BCUT2D eigenvalue weighted by molar-refractivity contribution is 0.400. The molecule has 0 amide bonds. The van der Waals surface area contributed by atoms with Gasteiger partial charge in [0.05, 0.1) is 0 Å². The molecule has 2 N–H and O–H groups in total. The fourth-order valence-corrected chi connectivity index (χ4v) is 2.31. The molecular formula is C11H18O2Si. The molecule has 0 bridgehead atoms. The molecule has 0 fully saturated rings. The minimum Gasteiger partial charge on any atom is -0.504 e. The second-order valence-corrected chi connectivity index (χ2v) is 10.5. The van der Waals surface area contributed by atoms with E-state index in [1.54, 1.807) is 6.07 Å². The van der Waals surface area contributed by atoms with Crippen LogP contribution in [0.4, 0.5) is 0 Å². The average Bonchev–Trinajstić information content (AvgIpc) is 2.06. The van der Waals surface area contributed by atoms with Crippen molar-refractivity contribution in [2.45, 2.75) is 32.1 Å². The summed E-state index contributed by atoms with van der Waals surface area (Å²) in [7, 11) is -1.07. The fraction of sp³-hybridized carbons (Fsp3) is 0.455. The molecule has 0 aliphatic rings. The van der Waals surface area contributed by atoms with Crippen molar-refractivity contribution in [2.75, 3.05) is 0 Å². The molecule has 0 saturated carbocycles. The lowest BCUT2D eigenvalue weighted by atomic mass is 10.1. The molecule has 3 heteroatoms. The van der Waals surface area contributed by atoms with Gasteiger partial charge in [0, 0.05) is 8.07 Å². The SMILES string of the molecule is C[Si](C)(C)CCc1cccc(O)c1O. The van der Waals surface area contributed by atoms with E-state index >= 15 is 0 Å². The van der Waals surface area contributed by atoms with E-state index in [0.29, 0.717) is 0 Å². The van der Waals surface area contributed by atoms with Crippen LogP contribution in [0.5, 0.6) is 11.5 Å². The molecule has 0 spiro atoms. The Morgan fingerprint density at radius 1 is 1.14 bits per heavy atom. The molecule has 0 heterocycles. The van der Waals surface area contributed by atoms with Crippen LogP contribution in [0.3, 0.4) is 0 Å². The third kappa shape index (κ3) is 3.07. The van der Waals surface area contributed by atoms with Crippen LogP contribution in [0.2, 0.25) is 25.7 Å². The average molecular weight is 210 g/mol. The Morgan fingerprint density at radius 2 is 1.79 bits per heavy atom. The zero-order valence-electron chi connectivity index (χ0n) is 9.04. The summed E-state index contributed by atoms with van der Waals surface area (Å²) in [5.41, 5.74) is 0.854. The van der Waals surface area contributed by atoms with Gasteiger partial charge in [0.2, 0.25) is 0 Å². The number of phenols is 2. The molecule has 1 rings (SSSR count). The highest BCUT2D eigenvalue weighted by molar-refractivity contribution is 6.76. The quantitative estimate of drug-likeness (QED) is 0.595. The number of hydrogen-bond acceptors (Lipinski definition) is 2. The number of aryl methyl sites for hydroxylation is 1. The first-order chi connectivity index (χ1) is 6.40. The summed E-state index contributed by atoms with van der Waals surface area (Å²) < 4.78 is 0. The summed E-state index contributed by atoms with van der Waals surface area (Å²) in [6.45, 7) is 6.90. The zero-order chi connectivity index (χ0) is 10.8. The van der Waals surface area contributed by atoms with Crippen LogP contribution >= 0.6 is 0 Å². The van der Waals surface area contributed by atoms with Crippen molar-refractivity contribution in [1.29, 1.82) is 0 Å². The Morgan fingerprint density at radius 3 is 2.36 bits per heavy atom. The van der Waals surface area contributed by atoms with Crippen molar-refractivity contribution < 1.29 is 10.2 Å². The van der Waals surface area contributed by atoms with Crippen molar-refractivity contribution >= 4 is 8.07 Å². The maximum Gasteiger partial charge on any atom is 0.160 e. The van der Waals surface area contributed by atoms with Gasteiger partial charge in [-0.2, -0.15) is 0 Å². The smallest absolute Gasteiger partial charge is 0.160 e. The van der Waals surface area contributed by atoms with Crippen LogP contribution in [0, 0.1) is 0 Å². The van der Waals surface area contributed by atoms with Gasteiger partial charge >= 0.3 is 0 Å². The van der Waals surface area contributed by atoms with Crippen LogP contribution in [-0.2, 0) is 6.42 Å². The molecule has 1 aromatic carbocycles. The molecule has 0 aromatic heterocycles. The first-order valence-electron chi connectivity index (χ1n) is 4.90. The second kappa shape index (κ2) is 4.05. The molecule has 0 saturated heterocycles. The predicted octanol–water partition coefficient (Wildman–Crippen LogP) is 2.98. The van der Waals surface area contributed by atoms with E-state index in [-0.39, 0.29) is 11.5 Å². The Bertz CT molecular complexity index is 316. The van der Waals surface area contributed by atoms with Gasteiger partial charge in [0.25, 0.3) is 0 Å². The van der Waals surface area contributed by atoms with E-state index in [0.717, 1.165) is 18.0 Å². The van der Waals surface area contributed by atoms with Gasteiger partial charge in [0.15, 0.2) is 11.5 Å². The third-order valence-electron chi connectivity index (χ3n) is 2.24. The zero-order valence-corrected chi connectivity index (χ0v) is 10.0. The molecule has 0 radical (unpaired) electrons. The van der Waals surface area contributed by atoms with Gasteiger partial charge in [0.1, 0.15) is 0 Å². The lowest BCUT2D eigenvalue weighted by Crippen LogP contribution is -2.19. The minimum atomic E-state index is -1.07. The van der Waals surface area contributed by atoms with E-state index in [1.807, 2.05) is 6.07 Å². The second-order valence-electron chi connectivity index (χ2n) is 4.85. The third-order valence-corrected chi connectivity index (χ3v) is 3.99. The number of hydrogen-bond donors (Lipinski definition) is 2. The standard InChI is InChI=1S/C11H18O2Si/c1-14(2,3)8-7-9-5-4-6-10(12)11(9)13/h4-6,12-13H,7-8H2,1-3H3. The number of rotatable bonds is 3. The topological polar surface area (TPSA) is 40.5 Å². The Kier molecular flexibility index (Phi) is 3.21. The van der Waals surface area contributed by atoms with E-state index in [2.05, 4.69) is 19.6 Å². The highest BCUT2D eigenvalue weighted by Crippen LogP contribution is 2.30. The van der Waals surface area contributed by atoms with E-state index in [9.17, 15) is 10.2 Å². The van der Waals surface area contributed by atoms with Crippen LogP contribution in [0.25, 0.3) is 0 Å². The molecular weight excluding hydrogens is 192 g/mol. The summed E-state index contributed by atoms with van der Waals surface area (Å²) in [4.78, 5) is 0. The maximum atomic E-state index is 9.56. The molecule has 78 valence electrons. The molecule has 1 aromatic rings. The summed E-state index contributed by atoms with van der Waals surface area (Å²) in [6, 6.07) is 6.28. The van der Waals surface area contributed by atoms with Crippen LogP contribution in [0.15, 0.2) is 18.2 Å². The van der Waals surface area contributed by atoms with Gasteiger partial charge in [-0.25, -0.2) is 0 Å². The van der Waals surface area contributed by atoms with Crippen molar-refractivity contribution in [3.05, 3.63) is 23.8 Å². The van der Waals surface area contributed by atoms with Crippen LogP contribution in [0.1, 0.15) is 5.56 Å². The molecule has 0 unspecified atom stereocenters. The number of benzene rings is 1. The van der Waals surface area contributed by atoms with Gasteiger partial charge < -0.3 is 10.2 Å². The van der Waals surface area contributed by atoms with Crippen LogP contribution < -0.4 is 0 Å². The number of phenolic OH excluding ortho intramolecular Hbond substituents is 2. The predicted molar refractivity (Wildman–Crippen MR) is 61.6 cm³/mol. The van der Waals surface area contributed by atoms with Crippen molar-refractivity contribution in [3.8, 4) is 11.5 Å². The molecule has 0 aliphatic heterocycles. The fourth-order valence-electron chi connectivity index (χ4n) is 1.29. The van der Waals surface area contributed by atoms with Crippen molar-refractivity contribution in [2.24, 2.45) is 0 Å². The summed E-state index contributed by atoms with van der Waals surface area (Å²) in [5.74, 6) is 0.0313. The Hall–Kier alpha value is -0.963. The monoisotopic (exact) mass is 210 g/mol. The van der Waals surface area contributed by atoms with Gasteiger partial charge in [-0.3, -0.25) is 0 Å². The number of para-hydroxylation sites is 1. The van der Waals surface area contributed by atoms with Crippen molar-refractivity contribution in [1.82, 2.24) is 0 Å². The summed E-state index contributed by atoms with van der Waals surface area (Å²) in [6.07, 6.45) is 0.857. The van der Waals surface area contributed by atoms with Crippen LogP contribution in [-0.4, -0.2) is 18.3 Å². The van der Waals surface area contributed by atoms with Crippen molar-refractivity contribution in [3.63, 3.8) is 0 Å². The van der Waals surface area contributed by atoms with E-state index in [4.69, 9.17) is 0 Å². The molecule has 0 atom stereocenters. The largest absolute Gasteiger partial charge is 0.504 e. The lowest BCUT2D eigenvalue weighted by Gasteiger charge is -2.15. The van der Waals surface area contributed by atoms with Gasteiger partial charge in [-0.05, 0) is 18.1 Å². The Labute approximate surface area is 86.2 Å². The normalized spacial score (nSPS) is 11.6. The number of aromatic hydroxyl groups is 2. The van der Waals surface area contributed by atoms with E-state index in [1.165, 1.54) is 6.07 Å². The first kappa shape index (κ1) is 11.1. The summed E-state index contributed by atoms with van der Waals surface area (Å²) in [5, 5.41) is 18.9. The minimum absolute atomic E-state index is 0.0157. The van der Waals surface area contributed by atoms with E-state index < -0.39 is 8.07 Å². The highest BCUT2D eigenvalue weighted by Gasteiger charge is 2.14. The van der Waals surface area contributed by atoms with Gasteiger partial charge in [-0.1, -0.05) is 37.8 Å². The van der Waals surface area contributed by atoms with Gasteiger partial charge in [-0.15, -0.1) is 0 Å². The molecule has 14 heavy (non-hydrogen) atoms. The Balaban J connectivity index is 2.73.